The summed E-state index contributed by atoms with van der Waals surface area (Å²) in [6, 6.07) is 6.22. The Morgan fingerprint density at radius 3 is 2.37 bits per heavy atom. The van der Waals surface area contributed by atoms with E-state index in [4.69, 9.17) is 4.99 Å². The molecule has 1 fully saturated rings. The van der Waals surface area contributed by atoms with Crippen molar-refractivity contribution in [2.24, 2.45) is 16.3 Å². The highest BCUT2D eigenvalue weighted by atomic mass is 32.1. The Kier molecular flexibility index (Phi) is 6.07. The van der Waals surface area contributed by atoms with E-state index in [2.05, 4.69) is 13.8 Å². The molecule has 35 heavy (non-hydrogen) atoms. The Bertz CT molecular complexity index is 1180. The van der Waals surface area contributed by atoms with Crippen LogP contribution >= 0.6 is 11.3 Å². The second kappa shape index (κ2) is 8.70. The number of benzene rings is 1. The van der Waals surface area contributed by atoms with Crippen LogP contribution in [0.2, 0.25) is 0 Å². The molecule has 0 bridgehead atoms. The maximum Gasteiger partial charge on any atom is 0.416 e. The van der Waals surface area contributed by atoms with E-state index >= 15 is 4.39 Å². The van der Waals surface area contributed by atoms with Crippen molar-refractivity contribution in [3.63, 3.8) is 0 Å². The zero-order valence-corrected chi connectivity index (χ0v) is 20.6. The smallest absolute Gasteiger partial charge is 0.365 e. The van der Waals surface area contributed by atoms with Gasteiger partial charge in [-0.3, -0.25) is 4.99 Å². The van der Waals surface area contributed by atoms with Crippen LogP contribution in [0.4, 0.5) is 17.6 Å². The van der Waals surface area contributed by atoms with Gasteiger partial charge in [-0.05, 0) is 70.3 Å². The fourth-order valence-electron chi connectivity index (χ4n) is 5.80. The zero-order chi connectivity index (χ0) is 25.0. The number of hydrogen-bond acceptors (Lipinski definition) is 3. The molecule has 1 aromatic carbocycles. The number of aliphatic hydroxyl groups is 1. The van der Waals surface area contributed by atoms with Crippen molar-refractivity contribution < 1.29 is 22.7 Å². The van der Waals surface area contributed by atoms with Crippen LogP contribution in [0.15, 0.2) is 63.3 Å². The molecule has 186 valence electrons. The minimum absolute atomic E-state index is 0.0157. The predicted octanol–water partition coefficient (Wildman–Crippen LogP) is 8.31. The van der Waals surface area contributed by atoms with Gasteiger partial charge in [-0.15, -0.1) is 0 Å². The van der Waals surface area contributed by atoms with Crippen LogP contribution in [0.1, 0.15) is 75.2 Å². The molecule has 1 saturated carbocycles. The molecule has 2 unspecified atom stereocenters. The number of fused-ring (bicyclic) bond motifs is 1. The minimum Gasteiger partial charge on any atom is -0.365 e. The van der Waals surface area contributed by atoms with Crippen LogP contribution in [0.3, 0.4) is 0 Å². The number of aliphatic imine (C=N–C) groups is 1. The molecule has 2 nitrogen and oxygen atoms in total. The van der Waals surface area contributed by atoms with Gasteiger partial charge in [-0.25, -0.2) is 4.39 Å². The quantitative estimate of drug-likeness (QED) is 0.418. The molecule has 7 heteroatoms. The highest BCUT2D eigenvalue weighted by Crippen LogP contribution is 2.53. The summed E-state index contributed by atoms with van der Waals surface area (Å²) in [6.45, 7) is 4.18. The van der Waals surface area contributed by atoms with Crippen molar-refractivity contribution in [3.05, 3.63) is 75.0 Å². The third-order valence-corrected chi connectivity index (χ3v) is 8.15. The van der Waals surface area contributed by atoms with Gasteiger partial charge in [-0.1, -0.05) is 44.9 Å². The SMILES string of the molecule is CC1(C)CC=C2C(c3ccsc3)=C(C(F)c3ccc(C(F)(F)F)cc3)C(C3CCCC3)=NC2(O)C1. The van der Waals surface area contributed by atoms with Crippen LogP contribution in [-0.2, 0) is 6.18 Å². The van der Waals surface area contributed by atoms with Gasteiger partial charge < -0.3 is 5.11 Å². The van der Waals surface area contributed by atoms with E-state index in [9.17, 15) is 18.3 Å². The van der Waals surface area contributed by atoms with Crippen molar-refractivity contribution in [2.75, 3.05) is 0 Å². The van der Waals surface area contributed by atoms with Gasteiger partial charge in [-0.2, -0.15) is 24.5 Å². The second-order valence-electron chi connectivity index (χ2n) is 10.7. The van der Waals surface area contributed by atoms with E-state index in [-0.39, 0.29) is 16.9 Å². The third kappa shape index (κ3) is 4.53. The molecule has 0 saturated heterocycles. The van der Waals surface area contributed by atoms with E-state index in [0.29, 0.717) is 28.9 Å². The molecule has 0 amide bonds. The highest BCUT2D eigenvalue weighted by Gasteiger charge is 2.48. The zero-order valence-electron chi connectivity index (χ0n) is 19.8. The van der Waals surface area contributed by atoms with E-state index in [1.54, 1.807) is 0 Å². The largest absolute Gasteiger partial charge is 0.416 e. The lowest BCUT2D eigenvalue weighted by molar-refractivity contribution is -0.137. The van der Waals surface area contributed by atoms with Gasteiger partial charge in [0.2, 0.25) is 0 Å². The molecule has 5 rings (SSSR count). The number of allylic oxidation sites excluding steroid dienone is 2. The van der Waals surface area contributed by atoms with Gasteiger partial charge in [0.25, 0.3) is 0 Å². The summed E-state index contributed by atoms with van der Waals surface area (Å²) in [5.41, 5.74) is 0.792. The Hall–Kier alpha value is -2.25. The maximum atomic E-state index is 16.5. The molecule has 2 atom stereocenters. The number of rotatable bonds is 4. The van der Waals surface area contributed by atoms with E-state index < -0.39 is 23.6 Å². The minimum atomic E-state index is -4.48. The topological polar surface area (TPSA) is 32.6 Å². The van der Waals surface area contributed by atoms with Crippen LogP contribution in [0, 0.1) is 11.3 Å². The standard InChI is InChI=1S/C28H29F4NOS/c1-26(2)13-11-21-22(19-12-14-35-15-19)23(24(29)17-7-9-20(10-8-17)28(30,31)32)25(18-5-3-4-6-18)33-27(21,34)16-26/h7-12,14-15,18,24,34H,3-6,13,16H2,1-2H3. The van der Waals surface area contributed by atoms with Crippen molar-refractivity contribution >= 4 is 22.6 Å². The molecule has 1 aromatic heterocycles. The van der Waals surface area contributed by atoms with Crippen molar-refractivity contribution in [2.45, 2.75) is 70.4 Å². The van der Waals surface area contributed by atoms with Gasteiger partial charge in [0.05, 0.1) is 5.56 Å². The molecule has 1 N–H and O–H groups in total. The number of hydrogen-bond donors (Lipinski definition) is 1. The number of thiophene rings is 1. The summed E-state index contributed by atoms with van der Waals surface area (Å²) < 4.78 is 55.9. The Morgan fingerprint density at radius 1 is 1.09 bits per heavy atom. The summed E-state index contributed by atoms with van der Waals surface area (Å²) in [6.07, 6.45) is 0.718. The van der Waals surface area contributed by atoms with Crippen LogP contribution < -0.4 is 0 Å². The fourth-order valence-corrected chi connectivity index (χ4v) is 6.45. The number of dihydropyridines is 1. The van der Waals surface area contributed by atoms with Crippen LogP contribution in [0.5, 0.6) is 0 Å². The van der Waals surface area contributed by atoms with Gasteiger partial charge in [0.15, 0.2) is 11.9 Å². The lowest BCUT2D eigenvalue weighted by Crippen LogP contribution is -2.43. The first-order valence-corrected chi connectivity index (χ1v) is 13.0. The molecular weight excluding hydrogens is 474 g/mol. The van der Waals surface area contributed by atoms with Gasteiger partial charge in [0, 0.05) is 29.2 Å². The summed E-state index contributed by atoms with van der Waals surface area (Å²) in [4.78, 5) is 4.89. The average molecular weight is 504 g/mol. The average Bonchev–Trinajstić information content (AvgIpc) is 3.50. The number of alkyl halides is 4. The summed E-state index contributed by atoms with van der Waals surface area (Å²) in [5.74, 6) is 0.0157. The summed E-state index contributed by atoms with van der Waals surface area (Å²) in [5, 5.41) is 15.7. The first kappa shape index (κ1) is 24.4. The fraction of sp³-hybridized carbons (Fsp3) is 0.464. The molecule has 3 aliphatic rings. The van der Waals surface area contributed by atoms with Gasteiger partial charge in [0.1, 0.15) is 0 Å². The van der Waals surface area contributed by atoms with Crippen molar-refractivity contribution in [1.82, 2.24) is 0 Å². The first-order valence-electron chi connectivity index (χ1n) is 12.1. The van der Waals surface area contributed by atoms with Crippen molar-refractivity contribution in [3.8, 4) is 0 Å². The number of nitrogens with zero attached hydrogens (tertiary/aromatic N) is 1. The first-order chi connectivity index (χ1) is 16.5. The molecule has 2 aromatic rings. The lowest BCUT2D eigenvalue weighted by Gasteiger charge is -2.44. The third-order valence-electron chi connectivity index (χ3n) is 7.47. The molecule has 0 spiro atoms. The number of halogens is 4. The summed E-state index contributed by atoms with van der Waals surface area (Å²) in [7, 11) is 0. The highest BCUT2D eigenvalue weighted by molar-refractivity contribution is 7.08. The molecule has 1 aliphatic heterocycles. The molecule has 0 radical (unpaired) electrons. The lowest BCUT2D eigenvalue weighted by atomic mass is 9.68. The Morgan fingerprint density at radius 2 is 1.77 bits per heavy atom. The van der Waals surface area contributed by atoms with E-state index in [0.717, 1.165) is 49.8 Å². The molecule has 2 heterocycles. The van der Waals surface area contributed by atoms with Gasteiger partial charge >= 0.3 is 6.18 Å². The Labute approximate surface area is 207 Å². The Balaban J connectivity index is 1.71. The second-order valence-corrected chi connectivity index (χ2v) is 11.5. The monoisotopic (exact) mass is 503 g/mol. The maximum absolute atomic E-state index is 16.5. The normalized spacial score (nSPS) is 25.8. The van der Waals surface area contributed by atoms with E-state index in [1.807, 2.05) is 22.9 Å². The van der Waals surface area contributed by atoms with Crippen LogP contribution in [-0.4, -0.2) is 16.5 Å². The molecule has 2 aliphatic carbocycles. The molecular formula is C28H29F4NOS. The van der Waals surface area contributed by atoms with Crippen LogP contribution in [0.25, 0.3) is 5.57 Å². The summed E-state index contributed by atoms with van der Waals surface area (Å²) >= 11 is 1.49. The predicted molar refractivity (Wildman–Crippen MR) is 132 cm³/mol. The van der Waals surface area contributed by atoms with E-state index in [1.165, 1.54) is 23.5 Å². The van der Waals surface area contributed by atoms with Crippen molar-refractivity contribution in [1.29, 1.82) is 0 Å².